The van der Waals surface area contributed by atoms with Crippen molar-refractivity contribution < 1.29 is 4.74 Å². The maximum Gasteiger partial charge on any atom is 0.0678 e. The third-order valence-corrected chi connectivity index (χ3v) is 4.41. The molecule has 23 heavy (non-hydrogen) atoms. The van der Waals surface area contributed by atoms with Gasteiger partial charge in [-0.05, 0) is 49.1 Å². The van der Waals surface area contributed by atoms with Crippen LogP contribution in [0.5, 0.6) is 0 Å². The summed E-state index contributed by atoms with van der Waals surface area (Å²) >= 11 is 0. The van der Waals surface area contributed by atoms with Gasteiger partial charge in [0.25, 0.3) is 0 Å². The molecule has 0 N–H and O–H groups in total. The zero-order valence-corrected chi connectivity index (χ0v) is 15.9. The SMILES string of the molecule is CC(Cc1ccc(CC(C)(C)C)cc1)CN1CC(C)OC(C)C1. The lowest BCUT2D eigenvalue weighted by atomic mass is 9.87. The minimum atomic E-state index is 0.360. The van der Waals surface area contributed by atoms with Gasteiger partial charge in [0.1, 0.15) is 0 Å². The van der Waals surface area contributed by atoms with Gasteiger partial charge in [0.15, 0.2) is 0 Å². The first-order valence-electron chi connectivity index (χ1n) is 9.17. The molecule has 0 amide bonds. The highest BCUT2D eigenvalue weighted by Gasteiger charge is 2.23. The van der Waals surface area contributed by atoms with Gasteiger partial charge in [-0.15, -0.1) is 0 Å². The van der Waals surface area contributed by atoms with Crippen molar-refractivity contribution in [3.8, 4) is 0 Å². The number of hydrogen-bond donors (Lipinski definition) is 0. The fraction of sp³-hybridized carbons (Fsp3) is 0.714. The third-order valence-electron chi connectivity index (χ3n) is 4.41. The minimum Gasteiger partial charge on any atom is -0.373 e. The Bertz CT molecular complexity index is 464. The molecule has 3 unspecified atom stereocenters. The highest BCUT2D eigenvalue weighted by Crippen LogP contribution is 2.21. The second-order valence-electron chi connectivity index (χ2n) is 8.84. The van der Waals surface area contributed by atoms with Gasteiger partial charge in [-0.2, -0.15) is 0 Å². The first kappa shape index (κ1) is 18.5. The Morgan fingerprint density at radius 2 is 1.57 bits per heavy atom. The summed E-state index contributed by atoms with van der Waals surface area (Å²) < 4.78 is 5.83. The van der Waals surface area contributed by atoms with E-state index in [-0.39, 0.29) is 0 Å². The van der Waals surface area contributed by atoms with Crippen molar-refractivity contribution >= 4 is 0 Å². The van der Waals surface area contributed by atoms with Crippen molar-refractivity contribution in [1.29, 1.82) is 0 Å². The summed E-state index contributed by atoms with van der Waals surface area (Å²) in [6.45, 7) is 16.9. The molecule has 2 heteroatoms. The van der Waals surface area contributed by atoms with Crippen molar-refractivity contribution in [1.82, 2.24) is 4.90 Å². The van der Waals surface area contributed by atoms with E-state index in [0.717, 1.165) is 25.9 Å². The van der Waals surface area contributed by atoms with E-state index in [2.05, 4.69) is 70.7 Å². The summed E-state index contributed by atoms with van der Waals surface area (Å²) in [5, 5.41) is 0. The van der Waals surface area contributed by atoms with E-state index in [1.807, 2.05) is 0 Å². The van der Waals surface area contributed by atoms with E-state index in [1.165, 1.54) is 17.7 Å². The first-order valence-corrected chi connectivity index (χ1v) is 9.17. The number of hydrogen-bond acceptors (Lipinski definition) is 2. The lowest BCUT2D eigenvalue weighted by Gasteiger charge is -2.36. The number of benzene rings is 1. The Labute approximate surface area is 143 Å². The van der Waals surface area contributed by atoms with Crippen molar-refractivity contribution in [3.05, 3.63) is 35.4 Å². The van der Waals surface area contributed by atoms with Crippen LogP contribution in [0.3, 0.4) is 0 Å². The Hall–Kier alpha value is -0.860. The smallest absolute Gasteiger partial charge is 0.0678 e. The molecule has 1 aliphatic heterocycles. The molecule has 2 nitrogen and oxygen atoms in total. The average Bonchev–Trinajstić information content (AvgIpc) is 2.38. The van der Waals surface area contributed by atoms with Crippen molar-refractivity contribution in [2.45, 2.75) is 66.6 Å². The molecule has 2 rings (SSSR count). The maximum absolute atomic E-state index is 5.83. The van der Waals surface area contributed by atoms with Gasteiger partial charge in [0.05, 0.1) is 12.2 Å². The normalized spacial score (nSPS) is 24.6. The molecule has 1 aromatic rings. The molecular formula is C21H35NO. The number of rotatable bonds is 5. The Morgan fingerprint density at radius 3 is 2.09 bits per heavy atom. The molecule has 1 heterocycles. The molecular weight excluding hydrogens is 282 g/mol. The summed E-state index contributed by atoms with van der Waals surface area (Å²) in [7, 11) is 0. The van der Waals surface area contributed by atoms with E-state index in [0.29, 0.717) is 23.5 Å². The summed E-state index contributed by atoms with van der Waals surface area (Å²) in [6, 6.07) is 9.27. The molecule has 0 spiro atoms. The van der Waals surface area contributed by atoms with Crippen LogP contribution in [0.2, 0.25) is 0 Å². The summed E-state index contributed by atoms with van der Waals surface area (Å²) in [6.07, 6.45) is 3.03. The highest BCUT2D eigenvalue weighted by molar-refractivity contribution is 5.23. The van der Waals surface area contributed by atoms with E-state index in [1.54, 1.807) is 0 Å². The predicted octanol–water partition coefficient (Wildman–Crippen LogP) is 4.56. The Kier molecular flexibility index (Phi) is 6.27. The highest BCUT2D eigenvalue weighted by atomic mass is 16.5. The quantitative estimate of drug-likeness (QED) is 0.789. The molecule has 0 bridgehead atoms. The van der Waals surface area contributed by atoms with Crippen LogP contribution in [0.1, 0.15) is 52.7 Å². The second-order valence-corrected chi connectivity index (χ2v) is 8.84. The summed E-state index contributed by atoms with van der Waals surface area (Å²) in [4.78, 5) is 2.57. The first-order chi connectivity index (χ1) is 10.7. The van der Waals surface area contributed by atoms with E-state index < -0.39 is 0 Å². The summed E-state index contributed by atoms with van der Waals surface area (Å²) in [5.41, 5.74) is 3.27. The van der Waals surface area contributed by atoms with Crippen molar-refractivity contribution in [2.75, 3.05) is 19.6 Å². The molecule has 1 aliphatic rings. The maximum atomic E-state index is 5.83. The van der Waals surface area contributed by atoms with Crippen LogP contribution >= 0.6 is 0 Å². The van der Waals surface area contributed by atoms with Crippen LogP contribution in [-0.4, -0.2) is 36.7 Å². The monoisotopic (exact) mass is 317 g/mol. The van der Waals surface area contributed by atoms with Crippen LogP contribution in [-0.2, 0) is 17.6 Å². The van der Waals surface area contributed by atoms with Crippen LogP contribution in [0.4, 0.5) is 0 Å². The fourth-order valence-corrected chi connectivity index (χ4v) is 3.75. The van der Waals surface area contributed by atoms with Crippen molar-refractivity contribution in [3.63, 3.8) is 0 Å². The minimum absolute atomic E-state index is 0.360. The molecule has 1 fully saturated rings. The van der Waals surface area contributed by atoms with E-state index >= 15 is 0 Å². The average molecular weight is 318 g/mol. The Morgan fingerprint density at radius 1 is 1.04 bits per heavy atom. The van der Waals surface area contributed by atoms with Gasteiger partial charge in [0, 0.05) is 19.6 Å². The fourth-order valence-electron chi connectivity index (χ4n) is 3.75. The molecule has 0 saturated carbocycles. The van der Waals surface area contributed by atoms with Gasteiger partial charge in [-0.25, -0.2) is 0 Å². The standard InChI is InChI=1S/C21H35NO/c1-16(13-22-14-17(2)23-18(3)15-22)11-19-7-9-20(10-8-19)12-21(4,5)6/h7-10,16-18H,11-15H2,1-6H3. The topological polar surface area (TPSA) is 12.5 Å². The second kappa shape index (κ2) is 7.81. The number of ether oxygens (including phenoxy) is 1. The molecule has 1 aromatic carbocycles. The van der Waals surface area contributed by atoms with Crippen molar-refractivity contribution in [2.24, 2.45) is 11.3 Å². The van der Waals surface area contributed by atoms with E-state index in [4.69, 9.17) is 4.74 Å². The van der Waals surface area contributed by atoms with Gasteiger partial charge in [0.2, 0.25) is 0 Å². The molecule has 0 radical (unpaired) electrons. The molecule has 1 saturated heterocycles. The molecule has 0 aromatic heterocycles. The van der Waals surface area contributed by atoms with Crippen LogP contribution in [0, 0.1) is 11.3 Å². The lowest BCUT2D eigenvalue weighted by Crippen LogP contribution is -2.47. The number of nitrogens with zero attached hydrogens (tertiary/aromatic N) is 1. The van der Waals surface area contributed by atoms with Gasteiger partial charge in [-0.1, -0.05) is 52.0 Å². The molecule has 3 atom stereocenters. The van der Waals surface area contributed by atoms with Gasteiger partial charge >= 0.3 is 0 Å². The zero-order valence-electron chi connectivity index (χ0n) is 15.9. The lowest BCUT2D eigenvalue weighted by molar-refractivity contribution is -0.0708. The number of morpholine rings is 1. The van der Waals surface area contributed by atoms with E-state index in [9.17, 15) is 0 Å². The van der Waals surface area contributed by atoms with Crippen LogP contribution in [0.25, 0.3) is 0 Å². The Balaban J connectivity index is 1.84. The largest absolute Gasteiger partial charge is 0.373 e. The van der Waals surface area contributed by atoms with Crippen LogP contribution < -0.4 is 0 Å². The zero-order chi connectivity index (χ0) is 17.0. The third kappa shape index (κ3) is 6.64. The summed E-state index contributed by atoms with van der Waals surface area (Å²) in [5.74, 6) is 0.681. The van der Waals surface area contributed by atoms with Gasteiger partial charge in [-0.3, -0.25) is 4.90 Å². The molecule has 0 aliphatic carbocycles. The van der Waals surface area contributed by atoms with Gasteiger partial charge < -0.3 is 4.74 Å². The molecule has 130 valence electrons. The van der Waals surface area contributed by atoms with Crippen LogP contribution in [0.15, 0.2) is 24.3 Å². The predicted molar refractivity (Wildman–Crippen MR) is 98.9 cm³/mol.